The number of amides is 2. The number of hydrogen-bond donors (Lipinski definition) is 1. The molecule has 1 saturated heterocycles. The second-order valence-electron chi connectivity index (χ2n) is 5.23. The molecular formula is C15H22FN3OS. The van der Waals surface area contributed by atoms with Crippen LogP contribution in [-0.4, -0.2) is 60.6 Å². The first-order valence-electron chi connectivity index (χ1n) is 7.13. The van der Waals surface area contributed by atoms with Crippen molar-refractivity contribution in [2.75, 3.05) is 50.0 Å². The lowest BCUT2D eigenvalue weighted by atomic mass is 10.2. The van der Waals surface area contributed by atoms with Gasteiger partial charge in [-0.15, -0.1) is 0 Å². The molecule has 1 fully saturated rings. The maximum atomic E-state index is 13.7. The number of benzene rings is 1. The van der Waals surface area contributed by atoms with Gasteiger partial charge in [0.25, 0.3) is 0 Å². The zero-order valence-corrected chi connectivity index (χ0v) is 13.4. The summed E-state index contributed by atoms with van der Waals surface area (Å²) in [7, 11) is 0. The third-order valence-electron chi connectivity index (χ3n) is 3.64. The number of rotatable bonds is 4. The summed E-state index contributed by atoms with van der Waals surface area (Å²) in [5, 5.41) is 2.65. The molecule has 6 heteroatoms. The highest BCUT2D eigenvalue weighted by Crippen LogP contribution is 2.16. The van der Waals surface area contributed by atoms with E-state index < -0.39 is 0 Å². The van der Waals surface area contributed by atoms with Crippen LogP contribution in [0.4, 0.5) is 14.9 Å². The van der Waals surface area contributed by atoms with Gasteiger partial charge in [0.2, 0.25) is 0 Å². The summed E-state index contributed by atoms with van der Waals surface area (Å²) in [5.41, 5.74) is 1.09. The van der Waals surface area contributed by atoms with E-state index in [1.807, 2.05) is 18.7 Å². The number of urea groups is 1. The Hall–Kier alpha value is -1.27. The van der Waals surface area contributed by atoms with Gasteiger partial charge in [-0.2, -0.15) is 11.8 Å². The monoisotopic (exact) mass is 311 g/mol. The SMILES string of the molecule is CSCCN1CCN(C(=O)Nc2ccc(C)cc2F)CC1. The summed E-state index contributed by atoms with van der Waals surface area (Å²) in [4.78, 5) is 16.2. The van der Waals surface area contributed by atoms with Crippen LogP contribution in [0.1, 0.15) is 5.56 Å². The molecule has 0 spiro atoms. The summed E-state index contributed by atoms with van der Waals surface area (Å²) in [6.45, 7) is 6.02. The highest BCUT2D eigenvalue weighted by molar-refractivity contribution is 7.98. The predicted molar refractivity (Wildman–Crippen MR) is 86.6 cm³/mol. The number of nitrogens with one attached hydrogen (secondary N) is 1. The smallest absolute Gasteiger partial charge is 0.322 e. The van der Waals surface area contributed by atoms with Gasteiger partial charge in [-0.05, 0) is 30.9 Å². The number of thioether (sulfide) groups is 1. The molecule has 0 aromatic heterocycles. The zero-order chi connectivity index (χ0) is 15.2. The molecule has 0 atom stereocenters. The fourth-order valence-electron chi connectivity index (χ4n) is 2.31. The lowest BCUT2D eigenvalue weighted by Crippen LogP contribution is -2.50. The van der Waals surface area contributed by atoms with Crippen molar-refractivity contribution in [1.29, 1.82) is 0 Å². The lowest BCUT2D eigenvalue weighted by molar-refractivity contribution is 0.152. The molecule has 1 aromatic rings. The van der Waals surface area contributed by atoms with E-state index in [1.165, 1.54) is 6.07 Å². The van der Waals surface area contributed by atoms with Crippen molar-refractivity contribution in [2.24, 2.45) is 0 Å². The first-order valence-corrected chi connectivity index (χ1v) is 8.53. The molecule has 0 bridgehead atoms. The van der Waals surface area contributed by atoms with Crippen molar-refractivity contribution >= 4 is 23.5 Å². The number of piperazine rings is 1. The van der Waals surface area contributed by atoms with E-state index in [0.717, 1.165) is 31.0 Å². The van der Waals surface area contributed by atoms with Crippen LogP contribution in [0.15, 0.2) is 18.2 Å². The Bertz CT molecular complexity index is 490. The van der Waals surface area contributed by atoms with Gasteiger partial charge in [0.1, 0.15) is 5.82 Å². The highest BCUT2D eigenvalue weighted by Gasteiger charge is 2.21. The normalized spacial score (nSPS) is 16.0. The number of halogens is 1. The number of carbonyl (C=O) groups is 1. The summed E-state index contributed by atoms with van der Waals surface area (Å²) in [6.07, 6.45) is 2.10. The standard InChI is InChI=1S/C15H22FN3OS/c1-12-3-4-14(13(16)11-12)17-15(20)19-7-5-18(6-8-19)9-10-21-2/h3-4,11H,5-10H2,1-2H3,(H,17,20). The Balaban J connectivity index is 1.84. The Kier molecular flexibility index (Phi) is 5.87. The first-order chi connectivity index (χ1) is 10.1. The molecule has 0 saturated carbocycles. The number of hydrogen-bond acceptors (Lipinski definition) is 3. The van der Waals surface area contributed by atoms with E-state index in [9.17, 15) is 9.18 Å². The number of anilines is 1. The van der Waals surface area contributed by atoms with Crippen molar-refractivity contribution < 1.29 is 9.18 Å². The zero-order valence-electron chi connectivity index (χ0n) is 12.6. The molecule has 116 valence electrons. The van der Waals surface area contributed by atoms with Gasteiger partial charge in [0.15, 0.2) is 0 Å². The van der Waals surface area contributed by atoms with Crippen molar-refractivity contribution in [1.82, 2.24) is 9.80 Å². The molecular weight excluding hydrogens is 289 g/mol. The van der Waals surface area contributed by atoms with Crippen molar-refractivity contribution in [2.45, 2.75) is 6.92 Å². The summed E-state index contributed by atoms with van der Waals surface area (Å²) in [6, 6.07) is 4.61. The molecule has 1 heterocycles. The largest absolute Gasteiger partial charge is 0.322 e. The van der Waals surface area contributed by atoms with Gasteiger partial charge >= 0.3 is 6.03 Å². The minimum atomic E-state index is -0.387. The van der Waals surface area contributed by atoms with E-state index in [1.54, 1.807) is 17.0 Å². The Morgan fingerprint density at radius 1 is 1.33 bits per heavy atom. The van der Waals surface area contributed by atoms with Gasteiger partial charge < -0.3 is 10.2 Å². The van der Waals surface area contributed by atoms with Gasteiger partial charge in [0.05, 0.1) is 5.69 Å². The molecule has 4 nitrogen and oxygen atoms in total. The predicted octanol–water partition coefficient (Wildman–Crippen LogP) is 2.65. The van der Waals surface area contributed by atoms with Crippen LogP contribution >= 0.6 is 11.8 Å². The van der Waals surface area contributed by atoms with E-state index in [0.29, 0.717) is 13.1 Å². The highest BCUT2D eigenvalue weighted by atomic mass is 32.2. The van der Waals surface area contributed by atoms with Crippen LogP contribution in [0.2, 0.25) is 0 Å². The molecule has 1 aliphatic heterocycles. The third-order valence-corrected chi connectivity index (χ3v) is 4.23. The van der Waals surface area contributed by atoms with E-state index in [-0.39, 0.29) is 17.5 Å². The van der Waals surface area contributed by atoms with E-state index >= 15 is 0 Å². The summed E-state index contributed by atoms with van der Waals surface area (Å²) in [5.74, 6) is 0.725. The van der Waals surface area contributed by atoms with Crippen molar-refractivity contribution in [3.8, 4) is 0 Å². The summed E-state index contributed by atoms with van der Waals surface area (Å²) < 4.78 is 13.7. The van der Waals surface area contributed by atoms with Crippen LogP contribution in [0.25, 0.3) is 0 Å². The fourth-order valence-corrected chi connectivity index (χ4v) is 2.75. The number of carbonyl (C=O) groups excluding carboxylic acids is 1. The van der Waals surface area contributed by atoms with Gasteiger partial charge in [-0.25, -0.2) is 9.18 Å². The van der Waals surface area contributed by atoms with Crippen LogP contribution in [-0.2, 0) is 0 Å². The average Bonchev–Trinajstić information content (AvgIpc) is 2.48. The Morgan fingerprint density at radius 3 is 2.67 bits per heavy atom. The second-order valence-corrected chi connectivity index (χ2v) is 6.22. The molecule has 1 aromatic carbocycles. The van der Waals surface area contributed by atoms with Crippen molar-refractivity contribution in [3.05, 3.63) is 29.6 Å². The molecule has 21 heavy (non-hydrogen) atoms. The minimum Gasteiger partial charge on any atom is -0.322 e. The quantitative estimate of drug-likeness (QED) is 0.928. The molecule has 0 radical (unpaired) electrons. The number of nitrogens with zero attached hydrogens (tertiary/aromatic N) is 2. The lowest BCUT2D eigenvalue weighted by Gasteiger charge is -2.34. The van der Waals surface area contributed by atoms with E-state index in [2.05, 4.69) is 16.5 Å². The van der Waals surface area contributed by atoms with E-state index in [4.69, 9.17) is 0 Å². The molecule has 2 rings (SSSR count). The van der Waals surface area contributed by atoms with Crippen LogP contribution in [0.3, 0.4) is 0 Å². The van der Waals surface area contributed by atoms with Crippen LogP contribution < -0.4 is 5.32 Å². The minimum absolute atomic E-state index is 0.220. The maximum Gasteiger partial charge on any atom is 0.322 e. The number of aryl methyl sites for hydroxylation is 1. The molecule has 1 aliphatic rings. The Morgan fingerprint density at radius 2 is 2.05 bits per heavy atom. The molecule has 1 N–H and O–H groups in total. The Labute approximate surface area is 129 Å². The molecule has 0 unspecified atom stereocenters. The second kappa shape index (κ2) is 7.66. The summed E-state index contributed by atoms with van der Waals surface area (Å²) >= 11 is 1.83. The van der Waals surface area contributed by atoms with Crippen LogP contribution in [0.5, 0.6) is 0 Å². The topological polar surface area (TPSA) is 35.6 Å². The average molecular weight is 311 g/mol. The first kappa shape index (κ1) is 16.1. The molecule has 0 aliphatic carbocycles. The third kappa shape index (κ3) is 4.61. The fraction of sp³-hybridized carbons (Fsp3) is 0.533. The van der Waals surface area contributed by atoms with Gasteiger partial charge in [0, 0.05) is 38.5 Å². The molecule has 2 amide bonds. The van der Waals surface area contributed by atoms with Crippen molar-refractivity contribution in [3.63, 3.8) is 0 Å². The maximum absolute atomic E-state index is 13.7. The van der Waals surface area contributed by atoms with Crippen LogP contribution in [0, 0.1) is 12.7 Å². The van der Waals surface area contributed by atoms with Gasteiger partial charge in [-0.3, -0.25) is 4.90 Å². The van der Waals surface area contributed by atoms with Gasteiger partial charge in [-0.1, -0.05) is 6.07 Å².